The molecule has 2 N–H and O–H groups in total. The van der Waals surface area contributed by atoms with Crippen molar-refractivity contribution in [3.63, 3.8) is 0 Å². The van der Waals surface area contributed by atoms with Crippen LogP contribution in [0.2, 0.25) is 0 Å². The SMILES string of the molecule is CCC[C@]1(c2ccccc2)NC(=O)N(C[C@H](O)c2ccccc2)C1=O. The molecule has 0 aromatic heterocycles. The van der Waals surface area contributed by atoms with Crippen LogP contribution in [0.5, 0.6) is 0 Å². The molecule has 2 atom stereocenters. The number of urea groups is 1. The van der Waals surface area contributed by atoms with Gasteiger partial charge in [0.25, 0.3) is 5.91 Å². The molecule has 130 valence electrons. The first kappa shape index (κ1) is 17.2. The summed E-state index contributed by atoms with van der Waals surface area (Å²) in [7, 11) is 0. The number of nitrogens with one attached hydrogen (secondary N) is 1. The maximum absolute atomic E-state index is 13.1. The molecular formula is C20H22N2O3. The number of amides is 3. The van der Waals surface area contributed by atoms with Crippen molar-refractivity contribution < 1.29 is 14.7 Å². The third-order valence-corrected chi connectivity index (χ3v) is 4.61. The summed E-state index contributed by atoms with van der Waals surface area (Å²) in [4.78, 5) is 26.8. The van der Waals surface area contributed by atoms with Crippen LogP contribution in [0.3, 0.4) is 0 Å². The van der Waals surface area contributed by atoms with Crippen molar-refractivity contribution in [2.24, 2.45) is 0 Å². The first-order valence-electron chi connectivity index (χ1n) is 8.51. The normalized spacial score (nSPS) is 21.3. The molecule has 0 unspecified atom stereocenters. The number of β-amino-alcohol motifs (C(OH)–C–C–N with tert-alkyl or cyclic N) is 1. The number of imide groups is 1. The number of carbonyl (C=O) groups excluding carboxylic acids is 2. The summed E-state index contributed by atoms with van der Waals surface area (Å²) in [5.74, 6) is -0.305. The van der Waals surface area contributed by atoms with Crippen molar-refractivity contribution in [1.82, 2.24) is 10.2 Å². The maximum Gasteiger partial charge on any atom is 0.325 e. The third-order valence-electron chi connectivity index (χ3n) is 4.61. The first-order chi connectivity index (χ1) is 12.1. The fourth-order valence-corrected chi connectivity index (χ4v) is 3.35. The minimum absolute atomic E-state index is 0.0625. The Morgan fingerprint density at radius 1 is 1.04 bits per heavy atom. The standard InChI is InChI=1S/C20H22N2O3/c1-2-13-20(16-11-7-4-8-12-16)18(24)22(19(25)21-20)14-17(23)15-9-5-3-6-10-15/h3-12,17,23H,2,13-14H2,1H3,(H,21,25)/t17-,20+/m0/s1. The zero-order chi connectivity index (χ0) is 17.9. The highest BCUT2D eigenvalue weighted by atomic mass is 16.3. The van der Waals surface area contributed by atoms with Gasteiger partial charge in [-0.2, -0.15) is 0 Å². The lowest BCUT2D eigenvalue weighted by Gasteiger charge is -2.27. The first-order valence-corrected chi connectivity index (χ1v) is 8.51. The number of carbonyl (C=O) groups is 2. The number of nitrogens with zero attached hydrogens (tertiary/aromatic N) is 1. The van der Waals surface area contributed by atoms with Gasteiger partial charge in [0.05, 0.1) is 12.6 Å². The second-order valence-corrected chi connectivity index (χ2v) is 6.29. The molecule has 5 heteroatoms. The Kier molecular flexibility index (Phi) is 4.86. The number of hydrogen-bond acceptors (Lipinski definition) is 3. The number of rotatable bonds is 6. The molecule has 3 amide bonds. The lowest BCUT2D eigenvalue weighted by Crippen LogP contribution is -2.44. The fourth-order valence-electron chi connectivity index (χ4n) is 3.35. The number of hydrogen-bond donors (Lipinski definition) is 2. The smallest absolute Gasteiger partial charge is 0.325 e. The van der Waals surface area contributed by atoms with Crippen molar-refractivity contribution in [3.8, 4) is 0 Å². The summed E-state index contributed by atoms with van der Waals surface area (Å²) >= 11 is 0. The van der Waals surface area contributed by atoms with Gasteiger partial charge in [0, 0.05) is 0 Å². The molecule has 5 nitrogen and oxygen atoms in total. The molecule has 2 aromatic carbocycles. The Morgan fingerprint density at radius 2 is 1.64 bits per heavy atom. The largest absolute Gasteiger partial charge is 0.387 e. The van der Waals surface area contributed by atoms with Crippen LogP contribution in [-0.2, 0) is 10.3 Å². The van der Waals surface area contributed by atoms with Crippen LogP contribution in [0.25, 0.3) is 0 Å². The lowest BCUT2D eigenvalue weighted by atomic mass is 9.85. The molecule has 0 bridgehead atoms. The second-order valence-electron chi connectivity index (χ2n) is 6.29. The molecule has 0 saturated carbocycles. The van der Waals surface area contributed by atoms with E-state index < -0.39 is 17.7 Å². The Hall–Kier alpha value is -2.66. The van der Waals surface area contributed by atoms with Gasteiger partial charge in [-0.3, -0.25) is 9.69 Å². The van der Waals surface area contributed by atoms with Crippen molar-refractivity contribution in [1.29, 1.82) is 0 Å². The zero-order valence-electron chi connectivity index (χ0n) is 14.2. The number of aliphatic hydroxyl groups is 1. The second kappa shape index (κ2) is 7.07. The Morgan fingerprint density at radius 3 is 2.24 bits per heavy atom. The molecule has 3 rings (SSSR count). The number of aliphatic hydroxyl groups excluding tert-OH is 1. The van der Waals surface area contributed by atoms with Gasteiger partial charge in [0.15, 0.2) is 0 Å². The average Bonchev–Trinajstić information content (AvgIpc) is 2.88. The van der Waals surface area contributed by atoms with Gasteiger partial charge < -0.3 is 10.4 Å². The molecule has 1 heterocycles. The monoisotopic (exact) mass is 338 g/mol. The van der Waals surface area contributed by atoms with Crippen LogP contribution >= 0.6 is 0 Å². The molecule has 0 aliphatic carbocycles. The van der Waals surface area contributed by atoms with Gasteiger partial charge in [-0.1, -0.05) is 74.0 Å². The minimum Gasteiger partial charge on any atom is -0.387 e. The highest BCUT2D eigenvalue weighted by molar-refractivity contribution is 6.07. The molecule has 2 aromatic rings. The van der Waals surface area contributed by atoms with Gasteiger partial charge in [0.2, 0.25) is 0 Å². The van der Waals surface area contributed by atoms with Gasteiger partial charge >= 0.3 is 6.03 Å². The zero-order valence-corrected chi connectivity index (χ0v) is 14.2. The van der Waals surface area contributed by atoms with Crippen LogP contribution in [0.4, 0.5) is 4.79 Å². The van der Waals surface area contributed by atoms with Crippen molar-refractivity contribution in [2.75, 3.05) is 6.54 Å². The van der Waals surface area contributed by atoms with E-state index in [0.717, 1.165) is 16.9 Å². The van der Waals surface area contributed by atoms with E-state index in [4.69, 9.17) is 0 Å². The van der Waals surface area contributed by atoms with Gasteiger partial charge in [-0.05, 0) is 17.5 Å². The Balaban J connectivity index is 1.88. The molecule has 25 heavy (non-hydrogen) atoms. The van der Waals surface area contributed by atoms with E-state index in [9.17, 15) is 14.7 Å². The van der Waals surface area contributed by atoms with Gasteiger partial charge in [-0.25, -0.2) is 4.79 Å². The molecule has 1 aliphatic heterocycles. The van der Waals surface area contributed by atoms with Crippen LogP contribution in [0.15, 0.2) is 60.7 Å². The van der Waals surface area contributed by atoms with E-state index in [1.807, 2.05) is 55.5 Å². The van der Waals surface area contributed by atoms with Crippen LogP contribution in [0.1, 0.15) is 37.0 Å². The minimum atomic E-state index is -1.05. The average molecular weight is 338 g/mol. The van der Waals surface area contributed by atoms with E-state index in [0.29, 0.717) is 12.0 Å². The topological polar surface area (TPSA) is 69.6 Å². The molecule has 1 fully saturated rings. The maximum atomic E-state index is 13.1. The van der Waals surface area contributed by atoms with Gasteiger partial charge in [0.1, 0.15) is 5.54 Å². The van der Waals surface area contributed by atoms with E-state index in [2.05, 4.69) is 5.32 Å². The molecule has 0 radical (unpaired) electrons. The summed E-state index contributed by atoms with van der Waals surface area (Å²) in [6.07, 6.45) is 0.347. The summed E-state index contributed by atoms with van der Waals surface area (Å²) in [5.41, 5.74) is 0.395. The number of benzene rings is 2. The highest BCUT2D eigenvalue weighted by Gasteiger charge is 2.51. The molecular weight excluding hydrogens is 316 g/mol. The quantitative estimate of drug-likeness (QED) is 0.796. The van der Waals surface area contributed by atoms with Crippen molar-refractivity contribution in [3.05, 3.63) is 71.8 Å². The summed E-state index contributed by atoms with van der Waals surface area (Å²) in [5, 5.41) is 13.3. The van der Waals surface area contributed by atoms with E-state index in [1.165, 1.54) is 0 Å². The lowest BCUT2D eigenvalue weighted by molar-refractivity contribution is -0.133. The van der Waals surface area contributed by atoms with E-state index in [-0.39, 0.29) is 12.5 Å². The van der Waals surface area contributed by atoms with E-state index >= 15 is 0 Å². The van der Waals surface area contributed by atoms with Crippen LogP contribution in [-0.4, -0.2) is 28.5 Å². The van der Waals surface area contributed by atoms with Crippen molar-refractivity contribution >= 4 is 11.9 Å². The molecule has 1 saturated heterocycles. The predicted octanol–water partition coefficient (Wildman–Crippen LogP) is 2.97. The third kappa shape index (κ3) is 3.15. The Labute approximate surface area is 147 Å². The summed E-state index contributed by atoms with van der Waals surface area (Å²) in [6, 6.07) is 17.9. The molecule has 1 aliphatic rings. The highest BCUT2D eigenvalue weighted by Crippen LogP contribution is 2.34. The summed E-state index contributed by atoms with van der Waals surface area (Å²) in [6.45, 7) is 1.92. The fraction of sp³-hybridized carbons (Fsp3) is 0.300. The van der Waals surface area contributed by atoms with Crippen LogP contribution < -0.4 is 5.32 Å². The summed E-state index contributed by atoms with van der Waals surface area (Å²) < 4.78 is 0. The Bertz CT molecular complexity index is 748. The molecule has 0 spiro atoms. The van der Waals surface area contributed by atoms with E-state index in [1.54, 1.807) is 12.1 Å². The van der Waals surface area contributed by atoms with Gasteiger partial charge in [-0.15, -0.1) is 0 Å². The predicted molar refractivity (Wildman–Crippen MR) is 94.7 cm³/mol. The van der Waals surface area contributed by atoms with Crippen LogP contribution in [0, 0.1) is 0 Å². The van der Waals surface area contributed by atoms with Crippen molar-refractivity contribution in [2.45, 2.75) is 31.4 Å².